The first-order valence-electron chi connectivity index (χ1n) is 4.81. The molecule has 0 saturated heterocycles. The van der Waals surface area contributed by atoms with Crippen molar-refractivity contribution in [2.75, 3.05) is 0 Å². The summed E-state index contributed by atoms with van der Waals surface area (Å²) in [7, 11) is 0. The highest BCUT2D eigenvalue weighted by Crippen LogP contribution is 2.18. The van der Waals surface area contributed by atoms with Crippen LogP contribution in [0.4, 0.5) is 0 Å². The summed E-state index contributed by atoms with van der Waals surface area (Å²) >= 11 is 5.71. The number of halogens is 1. The molecule has 0 aliphatic heterocycles. The molecule has 16 heavy (non-hydrogen) atoms. The lowest BCUT2D eigenvalue weighted by molar-refractivity contribution is 0.211. The van der Waals surface area contributed by atoms with Crippen LogP contribution < -0.4 is 4.74 Å². The van der Waals surface area contributed by atoms with Gasteiger partial charge >= 0.3 is 0 Å². The lowest BCUT2D eigenvalue weighted by Gasteiger charge is -2.12. The second kappa shape index (κ2) is 4.90. The topological polar surface area (TPSA) is 47.9 Å². The maximum Gasteiger partial charge on any atom is 0.234 e. The molecule has 0 spiro atoms. The van der Waals surface area contributed by atoms with Gasteiger partial charge in [0.2, 0.25) is 5.88 Å². The van der Waals surface area contributed by atoms with Gasteiger partial charge in [-0.3, -0.25) is 9.97 Å². The molecular formula is C11H10ClN3O. The minimum absolute atomic E-state index is 0.186. The molecule has 0 aliphatic carbocycles. The van der Waals surface area contributed by atoms with Crippen LogP contribution in [-0.2, 0) is 0 Å². The number of hydrogen-bond acceptors (Lipinski definition) is 4. The van der Waals surface area contributed by atoms with Crippen molar-refractivity contribution < 1.29 is 4.74 Å². The van der Waals surface area contributed by atoms with Gasteiger partial charge in [-0.1, -0.05) is 17.7 Å². The summed E-state index contributed by atoms with van der Waals surface area (Å²) in [5.74, 6) is 0.394. The fourth-order valence-electron chi connectivity index (χ4n) is 1.24. The monoisotopic (exact) mass is 235 g/mol. The molecular weight excluding hydrogens is 226 g/mol. The van der Waals surface area contributed by atoms with Gasteiger partial charge in [-0.25, -0.2) is 0 Å². The second-order valence-electron chi connectivity index (χ2n) is 3.19. The first-order valence-corrected chi connectivity index (χ1v) is 5.18. The molecule has 0 bridgehead atoms. The van der Waals surface area contributed by atoms with E-state index in [1.165, 1.54) is 12.4 Å². The van der Waals surface area contributed by atoms with Gasteiger partial charge in [-0.2, -0.15) is 4.98 Å². The van der Waals surface area contributed by atoms with Crippen molar-refractivity contribution in [3.8, 4) is 5.88 Å². The zero-order valence-corrected chi connectivity index (χ0v) is 9.43. The largest absolute Gasteiger partial charge is 0.467 e. The van der Waals surface area contributed by atoms with Crippen molar-refractivity contribution in [3.63, 3.8) is 0 Å². The Morgan fingerprint density at radius 2 is 2.19 bits per heavy atom. The van der Waals surface area contributed by atoms with Crippen LogP contribution in [0.3, 0.4) is 0 Å². The third kappa shape index (κ3) is 2.67. The van der Waals surface area contributed by atoms with Crippen LogP contribution in [0.5, 0.6) is 5.88 Å². The molecule has 2 heterocycles. The van der Waals surface area contributed by atoms with Crippen LogP contribution in [0, 0.1) is 0 Å². The molecule has 82 valence electrons. The first kappa shape index (κ1) is 10.8. The lowest BCUT2D eigenvalue weighted by Crippen LogP contribution is -2.06. The molecule has 0 N–H and O–H groups in total. The Bertz CT molecular complexity index is 464. The fraction of sp³-hybridized carbons (Fsp3) is 0.182. The van der Waals surface area contributed by atoms with E-state index >= 15 is 0 Å². The number of hydrogen-bond donors (Lipinski definition) is 0. The van der Waals surface area contributed by atoms with Gasteiger partial charge in [0.25, 0.3) is 0 Å². The maximum atomic E-state index is 5.71. The molecule has 1 atom stereocenters. The van der Waals surface area contributed by atoms with Gasteiger partial charge in [-0.15, -0.1) is 0 Å². The van der Waals surface area contributed by atoms with Crippen LogP contribution in [-0.4, -0.2) is 15.0 Å². The van der Waals surface area contributed by atoms with E-state index in [0.29, 0.717) is 11.0 Å². The van der Waals surface area contributed by atoms with Gasteiger partial charge in [0.1, 0.15) is 6.10 Å². The minimum Gasteiger partial charge on any atom is -0.467 e. The van der Waals surface area contributed by atoms with E-state index in [9.17, 15) is 0 Å². The second-order valence-corrected chi connectivity index (χ2v) is 3.58. The van der Waals surface area contributed by atoms with E-state index in [-0.39, 0.29) is 6.10 Å². The molecule has 0 amide bonds. The van der Waals surface area contributed by atoms with Crippen LogP contribution in [0.2, 0.25) is 5.15 Å². The highest BCUT2D eigenvalue weighted by molar-refractivity contribution is 6.29. The Hall–Kier alpha value is -1.68. The van der Waals surface area contributed by atoms with Gasteiger partial charge in [0, 0.05) is 6.20 Å². The molecule has 2 aromatic heterocycles. The zero-order valence-electron chi connectivity index (χ0n) is 8.67. The third-order valence-corrected chi connectivity index (χ3v) is 2.17. The van der Waals surface area contributed by atoms with Crippen molar-refractivity contribution in [1.29, 1.82) is 0 Å². The molecule has 4 nitrogen and oxygen atoms in total. The van der Waals surface area contributed by atoms with Crippen LogP contribution in [0.1, 0.15) is 18.7 Å². The number of rotatable bonds is 3. The highest BCUT2D eigenvalue weighted by atomic mass is 35.5. The van der Waals surface area contributed by atoms with Crippen LogP contribution in [0.25, 0.3) is 0 Å². The van der Waals surface area contributed by atoms with E-state index in [1.54, 1.807) is 6.20 Å². The Morgan fingerprint density at radius 1 is 1.31 bits per heavy atom. The van der Waals surface area contributed by atoms with Gasteiger partial charge in [-0.05, 0) is 19.1 Å². The molecule has 0 aromatic carbocycles. The zero-order chi connectivity index (χ0) is 11.4. The standard InChI is InChI=1S/C11H10ClN3O/c1-8(9-4-2-3-5-14-9)16-11-7-13-6-10(12)15-11/h2-8H,1H3/t8-/m0/s1. The van der Waals surface area contributed by atoms with Crippen LogP contribution in [0.15, 0.2) is 36.8 Å². The lowest BCUT2D eigenvalue weighted by atomic mass is 10.2. The van der Waals surface area contributed by atoms with E-state index in [2.05, 4.69) is 15.0 Å². The average molecular weight is 236 g/mol. The van der Waals surface area contributed by atoms with Crippen molar-refractivity contribution in [3.05, 3.63) is 47.6 Å². The summed E-state index contributed by atoms with van der Waals surface area (Å²) < 4.78 is 5.56. The molecule has 2 aromatic rings. The molecule has 0 unspecified atom stereocenters. The molecule has 0 radical (unpaired) electrons. The van der Waals surface area contributed by atoms with Gasteiger partial charge in [0.15, 0.2) is 5.15 Å². The average Bonchev–Trinajstić information content (AvgIpc) is 2.30. The quantitative estimate of drug-likeness (QED) is 0.821. The molecule has 0 saturated carbocycles. The SMILES string of the molecule is C[C@H](Oc1cncc(Cl)n1)c1ccccn1. The first-order chi connectivity index (χ1) is 7.75. The number of nitrogens with zero attached hydrogens (tertiary/aromatic N) is 3. The molecule has 2 rings (SSSR count). The molecule has 5 heteroatoms. The Morgan fingerprint density at radius 3 is 2.88 bits per heavy atom. The number of ether oxygens (including phenoxy) is 1. The summed E-state index contributed by atoms with van der Waals surface area (Å²) in [6.45, 7) is 1.89. The van der Waals surface area contributed by atoms with E-state index in [4.69, 9.17) is 16.3 Å². The Kier molecular flexibility index (Phi) is 3.31. The highest BCUT2D eigenvalue weighted by Gasteiger charge is 2.09. The predicted octanol–water partition coefficient (Wildman–Crippen LogP) is 2.67. The van der Waals surface area contributed by atoms with Gasteiger partial charge in [0.05, 0.1) is 18.1 Å². The minimum atomic E-state index is -0.186. The van der Waals surface area contributed by atoms with Crippen molar-refractivity contribution in [1.82, 2.24) is 15.0 Å². The summed E-state index contributed by atoms with van der Waals surface area (Å²) in [6.07, 6.45) is 4.51. The van der Waals surface area contributed by atoms with E-state index in [1.807, 2.05) is 25.1 Å². The Balaban J connectivity index is 2.11. The smallest absolute Gasteiger partial charge is 0.234 e. The van der Waals surface area contributed by atoms with E-state index < -0.39 is 0 Å². The van der Waals surface area contributed by atoms with Crippen molar-refractivity contribution in [2.45, 2.75) is 13.0 Å². The third-order valence-electron chi connectivity index (χ3n) is 1.98. The van der Waals surface area contributed by atoms with Crippen molar-refractivity contribution in [2.24, 2.45) is 0 Å². The van der Waals surface area contributed by atoms with Crippen molar-refractivity contribution >= 4 is 11.6 Å². The molecule has 0 fully saturated rings. The number of pyridine rings is 1. The fourth-order valence-corrected chi connectivity index (χ4v) is 1.38. The predicted molar refractivity (Wildman–Crippen MR) is 60.3 cm³/mol. The summed E-state index contributed by atoms with van der Waals surface area (Å²) in [4.78, 5) is 12.1. The van der Waals surface area contributed by atoms with E-state index in [0.717, 1.165) is 5.69 Å². The number of aromatic nitrogens is 3. The van der Waals surface area contributed by atoms with Crippen LogP contribution >= 0.6 is 11.6 Å². The normalized spacial score (nSPS) is 12.1. The molecule has 0 aliphatic rings. The summed E-state index contributed by atoms with van der Waals surface area (Å²) in [6, 6.07) is 5.66. The van der Waals surface area contributed by atoms with Gasteiger partial charge < -0.3 is 4.74 Å². The summed E-state index contributed by atoms with van der Waals surface area (Å²) in [5, 5.41) is 0.311. The maximum absolute atomic E-state index is 5.71. The Labute approximate surface area is 98.3 Å². The summed E-state index contributed by atoms with van der Waals surface area (Å²) in [5.41, 5.74) is 0.837.